The van der Waals surface area contributed by atoms with E-state index in [1.54, 1.807) is 24.1 Å². The summed E-state index contributed by atoms with van der Waals surface area (Å²) in [5.74, 6) is 0.0828. The van der Waals surface area contributed by atoms with Gasteiger partial charge in [-0.1, -0.05) is 17.3 Å². The number of halogens is 1. The van der Waals surface area contributed by atoms with Crippen LogP contribution < -0.4 is 10.6 Å². The molecule has 0 radical (unpaired) electrons. The molecule has 3 N–H and O–H groups in total. The van der Waals surface area contributed by atoms with Crippen LogP contribution in [0.15, 0.2) is 41.8 Å². The highest BCUT2D eigenvalue weighted by Gasteiger charge is 2.14. The summed E-state index contributed by atoms with van der Waals surface area (Å²) in [6.45, 7) is 0.491. The minimum Gasteiger partial charge on any atom is -0.409 e. The first-order valence-electron chi connectivity index (χ1n) is 5.86. The maximum absolute atomic E-state index is 12.9. The lowest BCUT2D eigenvalue weighted by molar-refractivity contribution is 0.318. The topological polar surface area (TPSA) is 87.6 Å². The van der Waals surface area contributed by atoms with Gasteiger partial charge in [0.15, 0.2) is 17.3 Å². The van der Waals surface area contributed by atoms with Crippen molar-refractivity contribution in [1.29, 1.82) is 0 Å². The van der Waals surface area contributed by atoms with E-state index in [-0.39, 0.29) is 11.7 Å². The van der Waals surface area contributed by atoms with Crippen molar-refractivity contribution in [2.24, 2.45) is 10.9 Å². The minimum absolute atomic E-state index is 0.112. The summed E-state index contributed by atoms with van der Waals surface area (Å²) in [6, 6.07) is 6.16. The van der Waals surface area contributed by atoms with Crippen LogP contribution in [0.5, 0.6) is 0 Å². The second-order valence-corrected chi connectivity index (χ2v) is 4.20. The van der Waals surface area contributed by atoms with E-state index in [1.807, 2.05) is 0 Å². The summed E-state index contributed by atoms with van der Waals surface area (Å²) in [5, 5.41) is 11.7. The Hall–Kier alpha value is -2.70. The molecule has 7 heteroatoms. The predicted octanol–water partition coefficient (Wildman–Crippen LogP) is 1.35. The first-order valence-corrected chi connectivity index (χ1v) is 5.86. The number of oxime groups is 1. The summed E-state index contributed by atoms with van der Waals surface area (Å²) in [6.07, 6.45) is 2.98. The maximum atomic E-state index is 12.9. The molecule has 0 bridgehead atoms. The molecule has 0 saturated carbocycles. The number of amidine groups is 1. The molecule has 0 saturated heterocycles. The number of aromatic nitrogens is 2. The number of benzene rings is 1. The normalized spacial score (nSPS) is 11.4. The Balaban J connectivity index is 2.25. The fourth-order valence-corrected chi connectivity index (χ4v) is 1.78. The number of hydrogen-bond acceptors (Lipinski definition) is 5. The molecule has 0 aliphatic rings. The van der Waals surface area contributed by atoms with Crippen molar-refractivity contribution in [1.82, 2.24) is 9.97 Å². The van der Waals surface area contributed by atoms with Crippen molar-refractivity contribution in [3.05, 3.63) is 53.7 Å². The summed E-state index contributed by atoms with van der Waals surface area (Å²) in [7, 11) is 1.79. The fourth-order valence-electron chi connectivity index (χ4n) is 1.78. The van der Waals surface area contributed by atoms with Crippen molar-refractivity contribution >= 4 is 11.7 Å². The molecule has 20 heavy (non-hydrogen) atoms. The van der Waals surface area contributed by atoms with E-state index < -0.39 is 0 Å². The zero-order valence-electron chi connectivity index (χ0n) is 10.9. The average Bonchev–Trinajstić information content (AvgIpc) is 2.48. The Kier molecular flexibility index (Phi) is 4.09. The molecular formula is C13H14FN5O. The number of anilines is 1. The largest absolute Gasteiger partial charge is 0.409 e. The molecule has 1 aromatic heterocycles. The minimum atomic E-state index is -0.284. The smallest absolute Gasteiger partial charge is 0.192 e. The van der Waals surface area contributed by atoms with Crippen molar-refractivity contribution in [2.45, 2.75) is 6.54 Å². The summed E-state index contributed by atoms with van der Waals surface area (Å²) in [4.78, 5) is 10.0. The molecule has 2 aromatic rings. The van der Waals surface area contributed by atoms with Gasteiger partial charge in [0.1, 0.15) is 5.82 Å². The molecule has 0 atom stereocenters. The van der Waals surface area contributed by atoms with E-state index in [0.29, 0.717) is 18.1 Å². The Morgan fingerprint density at radius 1 is 1.30 bits per heavy atom. The number of nitrogens with zero attached hydrogens (tertiary/aromatic N) is 4. The second-order valence-electron chi connectivity index (χ2n) is 4.20. The Morgan fingerprint density at radius 2 is 1.95 bits per heavy atom. The summed E-state index contributed by atoms with van der Waals surface area (Å²) >= 11 is 0. The highest BCUT2D eigenvalue weighted by molar-refractivity contribution is 5.99. The van der Waals surface area contributed by atoms with Gasteiger partial charge in [-0.05, 0) is 17.7 Å². The molecule has 0 fully saturated rings. The van der Waals surface area contributed by atoms with Crippen LogP contribution in [0.4, 0.5) is 10.2 Å². The summed E-state index contributed by atoms with van der Waals surface area (Å²) in [5.41, 5.74) is 6.77. The maximum Gasteiger partial charge on any atom is 0.192 e. The zero-order valence-corrected chi connectivity index (χ0v) is 10.9. The van der Waals surface area contributed by atoms with Crippen molar-refractivity contribution in [3.8, 4) is 0 Å². The Morgan fingerprint density at radius 3 is 2.60 bits per heavy atom. The van der Waals surface area contributed by atoms with Crippen LogP contribution >= 0.6 is 0 Å². The van der Waals surface area contributed by atoms with Gasteiger partial charge in [0.05, 0.1) is 0 Å². The molecule has 0 spiro atoms. The molecule has 6 nitrogen and oxygen atoms in total. The Labute approximate surface area is 115 Å². The molecule has 2 rings (SSSR count). The van der Waals surface area contributed by atoms with Gasteiger partial charge in [-0.3, -0.25) is 0 Å². The third kappa shape index (κ3) is 3.00. The lowest BCUT2D eigenvalue weighted by Crippen LogP contribution is -2.24. The quantitative estimate of drug-likeness (QED) is 0.380. The summed E-state index contributed by atoms with van der Waals surface area (Å²) < 4.78 is 12.9. The van der Waals surface area contributed by atoms with E-state index >= 15 is 0 Å². The van der Waals surface area contributed by atoms with E-state index in [0.717, 1.165) is 5.56 Å². The lowest BCUT2D eigenvalue weighted by Gasteiger charge is -2.20. The van der Waals surface area contributed by atoms with Crippen molar-refractivity contribution in [3.63, 3.8) is 0 Å². The van der Waals surface area contributed by atoms with E-state index in [1.165, 1.54) is 24.5 Å². The first kappa shape index (κ1) is 13.7. The van der Waals surface area contributed by atoms with E-state index in [4.69, 9.17) is 10.9 Å². The van der Waals surface area contributed by atoms with E-state index in [2.05, 4.69) is 15.1 Å². The molecule has 1 heterocycles. The van der Waals surface area contributed by atoms with Crippen molar-refractivity contribution in [2.75, 3.05) is 11.9 Å². The molecular weight excluding hydrogens is 261 g/mol. The molecule has 0 amide bonds. The van der Waals surface area contributed by atoms with Crippen LogP contribution in [0.2, 0.25) is 0 Å². The van der Waals surface area contributed by atoms with E-state index in [9.17, 15) is 4.39 Å². The monoisotopic (exact) mass is 275 g/mol. The molecule has 104 valence electrons. The highest BCUT2D eigenvalue weighted by Crippen LogP contribution is 2.16. The molecule has 0 unspecified atom stereocenters. The highest BCUT2D eigenvalue weighted by atomic mass is 19.1. The Bertz CT molecular complexity index is 614. The van der Waals surface area contributed by atoms with Gasteiger partial charge in [0, 0.05) is 26.0 Å². The van der Waals surface area contributed by atoms with Crippen molar-refractivity contribution < 1.29 is 9.60 Å². The van der Waals surface area contributed by atoms with Gasteiger partial charge >= 0.3 is 0 Å². The molecule has 0 aliphatic heterocycles. The van der Waals surface area contributed by atoms with Gasteiger partial charge < -0.3 is 15.8 Å². The third-order valence-corrected chi connectivity index (χ3v) is 2.72. The van der Waals surface area contributed by atoms with Gasteiger partial charge in [0.25, 0.3) is 0 Å². The SMILES string of the molecule is CN(Cc1ccc(F)cc1)c1nccnc1C(N)=NO. The third-order valence-electron chi connectivity index (χ3n) is 2.72. The zero-order chi connectivity index (χ0) is 14.5. The first-order chi connectivity index (χ1) is 9.61. The number of hydrogen-bond donors (Lipinski definition) is 2. The van der Waals surface area contributed by atoms with Crippen LogP contribution in [0, 0.1) is 5.82 Å². The number of rotatable bonds is 4. The second kappa shape index (κ2) is 5.96. The standard InChI is InChI=1S/C13H14FN5O/c1-19(8-9-2-4-10(14)5-3-9)13-11(12(15)18-20)16-6-7-17-13/h2-7,20H,8H2,1H3,(H2,15,18). The average molecular weight is 275 g/mol. The van der Waals surface area contributed by atoms with Gasteiger partial charge in [-0.15, -0.1) is 0 Å². The van der Waals surface area contributed by atoms with Crippen LogP contribution in [0.25, 0.3) is 0 Å². The lowest BCUT2D eigenvalue weighted by atomic mass is 10.2. The van der Waals surface area contributed by atoms with Gasteiger partial charge in [0.2, 0.25) is 0 Å². The van der Waals surface area contributed by atoms with Crippen LogP contribution in [-0.2, 0) is 6.54 Å². The molecule has 0 aliphatic carbocycles. The van der Waals surface area contributed by atoms with Crippen LogP contribution in [0.3, 0.4) is 0 Å². The number of nitrogens with two attached hydrogens (primary N) is 1. The fraction of sp³-hybridized carbons (Fsp3) is 0.154. The van der Waals surface area contributed by atoms with Gasteiger partial charge in [-0.25, -0.2) is 14.4 Å². The predicted molar refractivity (Wildman–Crippen MR) is 73.0 cm³/mol. The van der Waals surface area contributed by atoms with Gasteiger partial charge in [-0.2, -0.15) is 0 Å². The van der Waals surface area contributed by atoms with Crippen LogP contribution in [-0.4, -0.2) is 28.1 Å². The molecule has 1 aromatic carbocycles. The van der Waals surface area contributed by atoms with Crippen LogP contribution in [0.1, 0.15) is 11.3 Å².